The molecule has 0 aliphatic heterocycles. The summed E-state index contributed by atoms with van der Waals surface area (Å²) in [6.07, 6.45) is 0. The van der Waals surface area contributed by atoms with Crippen molar-refractivity contribution in [2.45, 2.75) is 0 Å². The molecule has 8 aromatic rings. The van der Waals surface area contributed by atoms with E-state index in [1.54, 1.807) is 0 Å². The molecular formula is C40H28N2. The van der Waals surface area contributed by atoms with E-state index >= 15 is 0 Å². The van der Waals surface area contributed by atoms with Crippen molar-refractivity contribution in [1.82, 2.24) is 4.57 Å². The second-order valence-electron chi connectivity index (χ2n) is 10.7. The summed E-state index contributed by atoms with van der Waals surface area (Å²) < 4.78 is 2.35. The van der Waals surface area contributed by atoms with Gasteiger partial charge in [0.2, 0.25) is 0 Å². The summed E-state index contributed by atoms with van der Waals surface area (Å²) in [7, 11) is 0. The van der Waals surface area contributed by atoms with E-state index in [2.05, 4.69) is 174 Å². The van der Waals surface area contributed by atoms with Crippen LogP contribution < -0.4 is 5.32 Å². The van der Waals surface area contributed by atoms with Crippen LogP contribution in [0.3, 0.4) is 0 Å². The minimum absolute atomic E-state index is 1.06. The number of hydrogen-bond donors (Lipinski definition) is 1. The SMILES string of the molecule is c1ccc(-c2cc(Nc3ccc4c(c3)c3ccccc3n4-c3ccccc3)ccc2-c2ccc3ccccc3c2)cc1. The van der Waals surface area contributed by atoms with E-state index < -0.39 is 0 Å². The highest BCUT2D eigenvalue weighted by Crippen LogP contribution is 2.38. The molecule has 0 saturated heterocycles. The Morgan fingerprint density at radius 1 is 0.381 bits per heavy atom. The van der Waals surface area contributed by atoms with Gasteiger partial charge in [-0.15, -0.1) is 0 Å². The molecular weight excluding hydrogens is 508 g/mol. The van der Waals surface area contributed by atoms with Gasteiger partial charge in [-0.2, -0.15) is 0 Å². The van der Waals surface area contributed by atoms with E-state index in [4.69, 9.17) is 0 Å². The fraction of sp³-hybridized carbons (Fsp3) is 0. The largest absolute Gasteiger partial charge is 0.355 e. The van der Waals surface area contributed by atoms with Crippen LogP contribution in [0.15, 0.2) is 164 Å². The van der Waals surface area contributed by atoms with Crippen molar-refractivity contribution < 1.29 is 0 Å². The van der Waals surface area contributed by atoms with Crippen LogP contribution in [0.4, 0.5) is 11.4 Å². The minimum atomic E-state index is 1.06. The van der Waals surface area contributed by atoms with Gasteiger partial charge in [0.25, 0.3) is 0 Å². The molecule has 0 aliphatic carbocycles. The number of para-hydroxylation sites is 2. The molecule has 0 atom stereocenters. The Morgan fingerprint density at radius 3 is 1.90 bits per heavy atom. The Kier molecular flexibility index (Phi) is 5.82. The minimum Gasteiger partial charge on any atom is -0.355 e. The summed E-state index contributed by atoms with van der Waals surface area (Å²) in [5.41, 5.74) is 10.5. The zero-order valence-electron chi connectivity index (χ0n) is 23.0. The molecule has 0 spiro atoms. The summed E-state index contributed by atoms with van der Waals surface area (Å²) in [6, 6.07) is 58.6. The molecule has 1 heterocycles. The Balaban J connectivity index is 1.23. The zero-order chi connectivity index (χ0) is 27.9. The molecule has 0 unspecified atom stereocenters. The van der Waals surface area contributed by atoms with Crippen LogP contribution in [-0.2, 0) is 0 Å². The topological polar surface area (TPSA) is 17.0 Å². The monoisotopic (exact) mass is 536 g/mol. The molecule has 0 amide bonds. The van der Waals surface area contributed by atoms with Gasteiger partial charge in [-0.05, 0) is 87.6 Å². The van der Waals surface area contributed by atoms with Crippen LogP contribution in [0.25, 0.3) is 60.5 Å². The van der Waals surface area contributed by atoms with Crippen LogP contribution in [-0.4, -0.2) is 4.57 Å². The lowest BCUT2D eigenvalue weighted by molar-refractivity contribution is 1.18. The second kappa shape index (κ2) is 10.1. The van der Waals surface area contributed by atoms with E-state index in [0.29, 0.717) is 0 Å². The molecule has 7 aromatic carbocycles. The number of anilines is 2. The number of aromatic nitrogens is 1. The first-order valence-corrected chi connectivity index (χ1v) is 14.4. The molecule has 8 rings (SSSR count). The first-order chi connectivity index (χ1) is 20.8. The Bertz CT molecular complexity index is 2210. The van der Waals surface area contributed by atoms with Crippen LogP contribution in [0.1, 0.15) is 0 Å². The summed E-state index contributed by atoms with van der Waals surface area (Å²) in [5, 5.41) is 8.70. The Morgan fingerprint density at radius 2 is 1.05 bits per heavy atom. The van der Waals surface area contributed by atoms with E-state index in [1.807, 2.05) is 0 Å². The zero-order valence-corrected chi connectivity index (χ0v) is 23.0. The first-order valence-electron chi connectivity index (χ1n) is 14.4. The van der Waals surface area contributed by atoms with Crippen molar-refractivity contribution in [3.63, 3.8) is 0 Å². The molecule has 1 N–H and O–H groups in total. The van der Waals surface area contributed by atoms with Crippen molar-refractivity contribution in [3.8, 4) is 27.9 Å². The highest BCUT2D eigenvalue weighted by Gasteiger charge is 2.14. The lowest BCUT2D eigenvalue weighted by atomic mass is 9.92. The van der Waals surface area contributed by atoms with Crippen molar-refractivity contribution >= 4 is 44.0 Å². The predicted molar refractivity (Wildman–Crippen MR) is 179 cm³/mol. The summed E-state index contributed by atoms with van der Waals surface area (Å²) in [6.45, 7) is 0. The van der Waals surface area contributed by atoms with E-state index in [1.165, 1.54) is 60.5 Å². The summed E-state index contributed by atoms with van der Waals surface area (Å²) in [5.74, 6) is 0. The highest BCUT2D eigenvalue weighted by molar-refractivity contribution is 6.10. The molecule has 198 valence electrons. The van der Waals surface area contributed by atoms with Crippen molar-refractivity contribution in [1.29, 1.82) is 0 Å². The second-order valence-corrected chi connectivity index (χ2v) is 10.7. The van der Waals surface area contributed by atoms with Crippen molar-refractivity contribution in [3.05, 3.63) is 164 Å². The van der Waals surface area contributed by atoms with Crippen molar-refractivity contribution in [2.24, 2.45) is 0 Å². The lowest BCUT2D eigenvalue weighted by Crippen LogP contribution is -1.94. The third kappa shape index (κ3) is 4.22. The van der Waals surface area contributed by atoms with Gasteiger partial charge in [0, 0.05) is 27.8 Å². The third-order valence-electron chi connectivity index (χ3n) is 8.14. The average Bonchev–Trinajstić information content (AvgIpc) is 3.39. The third-order valence-corrected chi connectivity index (χ3v) is 8.14. The Hall–Kier alpha value is -5.60. The molecule has 42 heavy (non-hydrogen) atoms. The number of hydrogen-bond acceptors (Lipinski definition) is 1. The highest BCUT2D eigenvalue weighted by atomic mass is 15.0. The van der Waals surface area contributed by atoms with Crippen LogP contribution in [0.5, 0.6) is 0 Å². The Labute approximate surface area is 245 Å². The molecule has 0 fully saturated rings. The summed E-state index contributed by atoms with van der Waals surface area (Å²) in [4.78, 5) is 0. The molecule has 2 heteroatoms. The number of nitrogens with zero attached hydrogens (tertiary/aromatic N) is 1. The maximum absolute atomic E-state index is 3.72. The van der Waals surface area contributed by atoms with Gasteiger partial charge in [0.1, 0.15) is 0 Å². The lowest BCUT2D eigenvalue weighted by Gasteiger charge is -2.15. The van der Waals surface area contributed by atoms with Crippen molar-refractivity contribution in [2.75, 3.05) is 5.32 Å². The van der Waals surface area contributed by atoms with Gasteiger partial charge in [0.15, 0.2) is 0 Å². The maximum atomic E-state index is 3.72. The predicted octanol–water partition coefficient (Wildman–Crippen LogP) is 11.0. The van der Waals surface area contributed by atoms with Gasteiger partial charge < -0.3 is 9.88 Å². The quantitative estimate of drug-likeness (QED) is 0.231. The molecule has 0 aliphatic rings. The van der Waals surface area contributed by atoms with Crippen LogP contribution >= 0.6 is 0 Å². The van der Waals surface area contributed by atoms with Gasteiger partial charge in [-0.25, -0.2) is 0 Å². The van der Waals surface area contributed by atoms with Crippen LogP contribution in [0, 0.1) is 0 Å². The molecule has 2 nitrogen and oxygen atoms in total. The summed E-state index contributed by atoms with van der Waals surface area (Å²) >= 11 is 0. The number of nitrogens with one attached hydrogen (secondary N) is 1. The van der Waals surface area contributed by atoms with E-state index in [0.717, 1.165) is 11.4 Å². The normalized spacial score (nSPS) is 11.3. The van der Waals surface area contributed by atoms with Gasteiger partial charge in [-0.1, -0.05) is 109 Å². The van der Waals surface area contributed by atoms with Gasteiger partial charge in [0.05, 0.1) is 11.0 Å². The number of rotatable bonds is 5. The van der Waals surface area contributed by atoms with Gasteiger partial charge in [-0.3, -0.25) is 0 Å². The smallest absolute Gasteiger partial charge is 0.0542 e. The molecule has 0 bridgehead atoms. The molecule has 0 saturated carbocycles. The molecule has 0 radical (unpaired) electrons. The van der Waals surface area contributed by atoms with E-state index in [9.17, 15) is 0 Å². The number of fused-ring (bicyclic) bond motifs is 4. The fourth-order valence-corrected chi connectivity index (χ4v) is 6.16. The van der Waals surface area contributed by atoms with E-state index in [-0.39, 0.29) is 0 Å². The molecule has 1 aromatic heterocycles. The number of benzene rings is 7. The van der Waals surface area contributed by atoms with Crippen LogP contribution in [0.2, 0.25) is 0 Å². The maximum Gasteiger partial charge on any atom is 0.0542 e. The fourth-order valence-electron chi connectivity index (χ4n) is 6.16. The average molecular weight is 537 g/mol. The van der Waals surface area contributed by atoms with Gasteiger partial charge >= 0.3 is 0 Å². The standard InChI is InChI=1S/C40H28N2/c1-3-12-29(13-4-1)37-26-32(21-23-35(37)31-20-19-28-11-7-8-14-30(28)25-31)41-33-22-24-40-38(27-33)36-17-9-10-18-39(36)42(40)34-15-5-2-6-16-34/h1-27,41H. The first kappa shape index (κ1) is 24.2.